The molecule has 5 nitrogen and oxygen atoms in total. The van der Waals surface area contributed by atoms with Crippen molar-refractivity contribution in [2.24, 2.45) is 0 Å². The molecular weight excluding hydrogens is 630 g/mol. The quantitative estimate of drug-likeness (QED) is 0.229. The predicted octanol–water partition coefficient (Wildman–Crippen LogP) is 7.22. The van der Waals surface area contributed by atoms with E-state index in [-0.39, 0.29) is 24.2 Å². The highest BCUT2D eigenvalue weighted by Crippen LogP contribution is 2.31. The number of hydrogen-bond acceptors (Lipinski definition) is 3. The maximum absolute atomic E-state index is 12.3. The molecule has 0 unspecified atom stereocenters. The molecule has 31 heavy (non-hydrogen) atoms. The summed E-state index contributed by atoms with van der Waals surface area (Å²) in [6.07, 6.45) is -6.53. The summed E-state index contributed by atoms with van der Waals surface area (Å²) in [6, 6.07) is 4.18. The average molecular weight is 643 g/mol. The van der Waals surface area contributed by atoms with Gasteiger partial charge < -0.3 is 10.3 Å². The lowest BCUT2D eigenvalue weighted by Crippen LogP contribution is -2.30. The monoisotopic (exact) mass is 640 g/mol. The number of anilines is 1. The van der Waals surface area contributed by atoms with Crippen molar-refractivity contribution >= 4 is 70.5 Å². The van der Waals surface area contributed by atoms with Crippen molar-refractivity contribution in [2.75, 3.05) is 5.32 Å². The van der Waals surface area contributed by atoms with Gasteiger partial charge in [0.1, 0.15) is 17.2 Å². The molecule has 3 rings (SSSR count). The molecular formula is C17H13Br3F6N4O. The van der Waals surface area contributed by atoms with E-state index in [0.717, 1.165) is 6.07 Å². The maximum Gasteiger partial charge on any atom is 0.471 e. The van der Waals surface area contributed by atoms with Gasteiger partial charge in [-0.2, -0.15) is 26.3 Å². The third-order valence-corrected chi connectivity index (χ3v) is 4.78. The van der Waals surface area contributed by atoms with Crippen molar-refractivity contribution in [3.05, 3.63) is 50.8 Å². The molecule has 0 radical (unpaired) electrons. The molecule has 0 spiro atoms. The SMILES string of the molecule is C.FC(F)(F)c1cc2cc(Br)cnc2[nH]1.O=C(Nc1ncc(Br)cc1CBr)C(F)(F)F. The summed E-state index contributed by atoms with van der Waals surface area (Å²) in [4.78, 5) is 20.4. The highest BCUT2D eigenvalue weighted by Gasteiger charge is 2.39. The van der Waals surface area contributed by atoms with Crippen LogP contribution in [-0.2, 0) is 16.3 Å². The Morgan fingerprint density at radius 3 is 2.13 bits per heavy atom. The van der Waals surface area contributed by atoms with Crippen LogP contribution in [0.25, 0.3) is 11.0 Å². The molecule has 0 aliphatic carbocycles. The van der Waals surface area contributed by atoms with Gasteiger partial charge in [-0.25, -0.2) is 9.97 Å². The van der Waals surface area contributed by atoms with Gasteiger partial charge in [-0.05, 0) is 50.1 Å². The van der Waals surface area contributed by atoms with E-state index in [1.807, 2.05) is 0 Å². The molecule has 3 heterocycles. The minimum atomic E-state index is -4.92. The van der Waals surface area contributed by atoms with Crippen LogP contribution in [0.4, 0.5) is 32.2 Å². The van der Waals surface area contributed by atoms with Gasteiger partial charge in [-0.15, -0.1) is 0 Å². The third-order valence-electron chi connectivity index (χ3n) is 3.31. The van der Waals surface area contributed by atoms with Gasteiger partial charge in [0.2, 0.25) is 0 Å². The molecule has 0 aromatic carbocycles. The Bertz CT molecular complexity index is 1050. The highest BCUT2D eigenvalue weighted by molar-refractivity contribution is 9.10. The summed E-state index contributed by atoms with van der Waals surface area (Å²) in [6.45, 7) is 0. The molecule has 0 bridgehead atoms. The summed E-state index contributed by atoms with van der Waals surface area (Å²) >= 11 is 9.35. The lowest BCUT2D eigenvalue weighted by molar-refractivity contribution is -0.167. The first-order valence-corrected chi connectivity index (χ1v) is 10.3. The van der Waals surface area contributed by atoms with E-state index < -0.39 is 24.0 Å². The van der Waals surface area contributed by atoms with Gasteiger partial charge in [0, 0.05) is 37.6 Å². The third kappa shape index (κ3) is 7.75. The number of aromatic nitrogens is 3. The fourth-order valence-electron chi connectivity index (χ4n) is 2.02. The van der Waals surface area contributed by atoms with E-state index in [1.54, 1.807) is 17.4 Å². The maximum atomic E-state index is 12.3. The van der Waals surface area contributed by atoms with Crippen LogP contribution in [0.3, 0.4) is 0 Å². The Hall–Kier alpha value is -1.67. The van der Waals surface area contributed by atoms with E-state index in [1.165, 1.54) is 12.4 Å². The average Bonchev–Trinajstić information content (AvgIpc) is 3.06. The minimum Gasteiger partial charge on any atom is -0.336 e. The zero-order valence-electron chi connectivity index (χ0n) is 14.3. The van der Waals surface area contributed by atoms with Crippen molar-refractivity contribution in [3.63, 3.8) is 0 Å². The summed E-state index contributed by atoms with van der Waals surface area (Å²) in [7, 11) is 0. The molecule has 2 N–H and O–H groups in total. The van der Waals surface area contributed by atoms with Gasteiger partial charge >= 0.3 is 18.3 Å². The van der Waals surface area contributed by atoms with Crippen molar-refractivity contribution in [1.29, 1.82) is 0 Å². The number of pyridine rings is 2. The minimum absolute atomic E-state index is 0. The topological polar surface area (TPSA) is 70.7 Å². The van der Waals surface area contributed by atoms with Crippen LogP contribution >= 0.6 is 47.8 Å². The second-order valence-corrected chi connectivity index (χ2v) is 7.91. The molecule has 3 aromatic heterocycles. The van der Waals surface area contributed by atoms with Crippen LogP contribution in [0.1, 0.15) is 18.7 Å². The van der Waals surface area contributed by atoms with E-state index >= 15 is 0 Å². The second-order valence-electron chi connectivity index (χ2n) is 5.52. The summed E-state index contributed by atoms with van der Waals surface area (Å²) in [5.74, 6) is -2.15. The Labute approximate surface area is 197 Å². The second kappa shape index (κ2) is 10.8. The fraction of sp³-hybridized carbons (Fsp3) is 0.235. The molecule has 0 fully saturated rings. The van der Waals surface area contributed by atoms with Crippen LogP contribution in [0, 0.1) is 0 Å². The molecule has 3 aromatic rings. The number of H-pyrrole nitrogens is 1. The fourth-order valence-corrected chi connectivity index (χ4v) is 3.17. The Morgan fingerprint density at radius 2 is 1.58 bits per heavy atom. The first kappa shape index (κ1) is 27.4. The summed E-state index contributed by atoms with van der Waals surface area (Å²) in [5.41, 5.74) is -0.0920. The number of amides is 1. The molecule has 0 saturated heterocycles. The lowest BCUT2D eigenvalue weighted by atomic mass is 10.3. The van der Waals surface area contributed by atoms with Gasteiger partial charge in [-0.1, -0.05) is 23.4 Å². The number of rotatable bonds is 2. The van der Waals surface area contributed by atoms with E-state index in [2.05, 4.69) is 62.7 Å². The van der Waals surface area contributed by atoms with E-state index in [9.17, 15) is 31.1 Å². The zero-order valence-corrected chi connectivity index (χ0v) is 19.1. The van der Waals surface area contributed by atoms with Gasteiger partial charge in [0.25, 0.3) is 0 Å². The number of aromatic amines is 1. The molecule has 170 valence electrons. The Kier molecular flexibility index (Phi) is 9.50. The summed E-state index contributed by atoms with van der Waals surface area (Å²) in [5, 5.41) is 2.42. The number of alkyl halides is 7. The first-order chi connectivity index (χ1) is 13.8. The van der Waals surface area contributed by atoms with Crippen molar-refractivity contribution in [3.8, 4) is 0 Å². The standard InChI is InChI=1S/C8H5Br2F3N2O.C8H4BrF3N2.CH4/c9-2-4-1-5(10)3-14-6(4)15-7(16)8(11,12)13;9-5-1-4-2-6(8(10,11)12)14-7(4)13-3-5;/h1,3H,2H2,(H,14,15,16);1-3H,(H,13,14);1H4. The lowest BCUT2D eigenvalue weighted by Gasteiger charge is -2.10. The molecule has 0 atom stereocenters. The number of hydrogen-bond donors (Lipinski definition) is 2. The van der Waals surface area contributed by atoms with Gasteiger partial charge in [0.15, 0.2) is 0 Å². The van der Waals surface area contributed by atoms with Crippen molar-refractivity contribution in [2.45, 2.75) is 25.1 Å². The Morgan fingerprint density at radius 1 is 1.00 bits per heavy atom. The number of nitrogens with one attached hydrogen (secondary N) is 2. The molecule has 1 amide bonds. The summed E-state index contributed by atoms with van der Waals surface area (Å²) < 4.78 is 74.0. The zero-order chi connectivity index (χ0) is 22.7. The van der Waals surface area contributed by atoms with Crippen LogP contribution in [0.15, 0.2) is 39.5 Å². The van der Waals surface area contributed by atoms with E-state index in [4.69, 9.17) is 0 Å². The molecule has 14 heteroatoms. The number of halogens is 9. The smallest absolute Gasteiger partial charge is 0.336 e. The van der Waals surface area contributed by atoms with E-state index in [0.29, 0.717) is 19.9 Å². The highest BCUT2D eigenvalue weighted by atomic mass is 79.9. The van der Waals surface area contributed by atoms with Crippen molar-refractivity contribution < 1.29 is 31.1 Å². The van der Waals surface area contributed by atoms with Gasteiger partial charge in [-0.3, -0.25) is 4.79 Å². The number of carbonyl (C=O) groups excluding carboxylic acids is 1. The largest absolute Gasteiger partial charge is 0.471 e. The molecule has 0 saturated carbocycles. The first-order valence-electron chi connectivity index (χ1n) is 7.61. The van der Waals surface area contributed by atoms with Crippen LogP contribution in [0.5, 0.6) is 0 Å². The predicted molar refractivity (Wildman–Crippen MR) is 115 cm³/mol. The van der Waals surface area contributed by atoms with Crippen LogP contribution in [0.2, 0.25) is 0 Å². The van der Waals surface area contributed by atoms with Crippen LogP contribution < -0.4 is 5.32 Å². The number of nitrogens with zero attached hydrogens (tertiary/aromatic N) is 2. The van der Waals surface area contributed by atoms with Crippen LogP contribution in [-0.4, -0.2) is 27.0 Å². The molecule has 0 aliphatic heterocycles. The number of fused-ring (bicyclic) bond motifs is 1. The van der Waals surface area contributed by atoms with Gasteiger partial charge in [0.05, 0.1) is 0 Å². The Balaban J connectivity index is 0.000000302. The normalized spacial score (nSPS) is 11.4. The molecule has 0 aliphatic rings. The number of carbonyl (C=O) groups is 1. The van der Waals surface area contributed by atoms with Crippen molar-refractivity contribution in [1.82, 2.24) is 15.0 Å².